The number of para-hydroxylation sites is 1. The molecule has 1 heterocycles. The minimum atomic E-state index is -0.302. The molecule has 0 amide bonds. The molecule has 0 aliphatic rings. The molecule has 0 unspecified atom stereocenters. The van der Waals surface area contributed by atoms with E-state index in [2.05, 4.69) is 9.97 Å². The van der Waals surface area contributed by atoms with Crippen LogP contribution in [0.5, 0.6) is 0 Å². The number of nitrogens with zero attached hydrogens (tertiary/aromatic N) is 3. The van der Waals surface area contributed by atoms with Crippen molar-refractivity contribution < 1.29 is 4.39 Å². The Morgan fingerprint density at radius 2 is 1.94 bits per heavy atom. The topological polar surface area (TPSA) is 55.0 Å². The normalized spacial score (nSPS) is 10.3. The van der Waals surface area contributed by atoms with E-state index in [4.69, 9.17) is 5.73 Å². The molecule has 0 spiro atoms. The fourth-order valence-electron chi connectivity index (χ4n) is 1.62. The van der Waals surface area contributed by atoms with E-state index in [1.54, 1.807) is 42.5 Å². The van der Waals surface area contributed by atoms with Crippen LogP contribution in [0.3, 0.4) is 0 Å². The first-order valence-electron chi connectivity index (χ1n) is 5.22. The monoisotopic (exact) mass is 232 g/mol. The van der Waals surface area contributed by atoms with Crippen molar-refractivity contribution >= 4 is 11.5 Å². The lowest BCUT2D eigenvalue weighted by Crippen LogP contribution is -2.17. The van der Waals surface area contributed by atoms with Gasteiger partial charge in [-0.2, -0.15) is 0 Å². The molecule has 2 N–H and O–H groups in total. The molecular formula is C12H13FN4. The van der Waals surface area contributed by atoms with Gasteiger partial charge in [-0.05, 0) is 12.1 Å². The minimum Gasteiger partial charge on any atom is -0.325 e. The summed E-state index contributed by atoms with van der Waals surface area (Å²) in [6, 6.07) is 6.51. The Bertz CT molecular complexity index is 515. The molecule has 0 radical (unpaired) electrons. The van der Waals surface area contributed by atoms with Gasteiger partial charge in [0.2, 0.25) is 0 Å². The van der Waals surface area contributed by atoms with Gasteiger partial charge in [-0.15, -0.1) is 0 Å². The van der Waals surface area contributed by atoms with Gasteiger partial charge >= 0.3 is 0 Å². The maximum absolute atomic E-state index is 13.6. The van der Waals surface area contributed by atoms with E-state index in [0.29, 0.717) is 17.2 Å². The summed E-state index contributed by atoms with van der Waals surface area (Å²) >= 11 is 0. The van der Waals surface area contributed by atoms with Gasteiger partial charge in [0, 0.05) is 26.0 Å². The number of halogens is 1. The third-order valence-electron chi connectivity index (χ3n) is 2.48. The standard InChI is InChI=1S/C12H13FN4/c1-17(11-5-3-2-4-9(11)13)12-10(8-14)15-6-7-16-12/h2-7H,8,14H2,1H3. The van der Waals surface area contributed by atoms with E-state index in [0.717, 1.165) is 0 Å². The van der Waals surface area contributed by atoms with Gasteiger partial charge in [-0.1, -0.05) is 12.1 Å². The SMILES string of the molecule is CN(c1ccccc1F)c1nccnc1CN. The maximum Gasteiger partial charge on any atom is 0.155 e. The highest BCUT2D eigenvalue weighted by Gasteiger charge is 2.13. The first kappa shape index (κ1) is 11.5. The largest absolute Gasteiger partial charge is 0.325 e. The van der Waals surface area contributed by atoms with Crippen molar-refractivity contribution in [2.45, 2.75) is 6.54 Å². The lowest BCUT2D eigenvalue weighted by molar-refractivity contribution is 0.627. The van der Waals surface area contributed by atoms with Crippen molar-refractivity contribution in [2.75, 3.05) is 11.9 Å². The Morgan fingerprint density at radius 1 is 1.24 bits per heavy atom. The van der Waals surface area contributed by atoms with Crippen molar-refractivity contribution in [1.82, 2.24) is 9.97 Å². The molecule has 1 aromatic heterocycles. The zero-order valence-electron chi connectivity index (χ0n) is 9.47. The quantitative estimate of drug-likeness (QED) is 0.877. The molecule has 88 valence electrons. The predicted octanol–water partition coefficient (Wildman–Crippen LogP) is 1.84. The van der Waals surface area contributed by atoms with E-state index in [1.807, 2.05) is 0 Å². The van der Waals surface area contributed by atoms with Gasteiger partial charge in [-0.25, -0.2) is 9.37 Å². The number of aromatic nitrogens is 2. The van der Waals surface area contributed by atoms with Crippen molar-refractivity contribution in [3.05, 3.63) is 48.2 Å². The second kappa shape index (κ2) is 4.88. The van der Waals surface area contributed by atoms with Gasteiger partial charge in [0.25, 0.3) is 0 Å². The third-order valence-corrected chi connectivity index (χ3v) is 2.48. The van der Waals surface area contributed by atoms with Crippen LogP contribution in [0.25, 0.3) is 0 Å². The molecule has 4 nitrogen and oxygen atoms in total. The smallest absolute Gasteiger partial charge is 0.155 e. The number of hydrogen-bond donors (Lipinski definition) is 1. The number of anilines is 2. The predicted molar refractivity (Wildman–Crippen MR) is 64.4 cm³/mol. The molecule has 0 bridgehead atoms. The number of benzene rings is 1. The first-order chi connectivity index (χ1) is 8.24. The van der Waals surface area contributed by atoms with Crippen LogP contribution < -0.4 is 10.6 Å². The Morgan fingerprint density at radius 3 is 2.65 bits per heavy atom. The first-order valence-corrected chi connectivity index (χ1v) is 5.22. The lowest BCUT2D eigenvalue weighted by Gasteiger charge is -2.20. The summed E-state index contributed by atoms with van der Waals surface area (Å²) in [5.41, 5.74) is 6.67. The Balaban J connectivity index is 2.44. The molecule has 0 saturated heterocycles. The molecule has 0 aliphatic heterocycles. The second-order valence-corrected chi connectivity index (χ2v) is 3.54. The van der Waals surface area contributed by atoms with Crippen LogP contribution >= 0.6 is 0 Å². The van der Waals surface area contributed by atoms with Crippen LogP contribution in [0, 0.1) is 5.82 Å². The number of rotatable bonds is 3. The van der Waals surface area contributed by atoms with Crippen LogP contribution in [0.15, 0.2) is 36.7 Å². The molecule has 2 rings (SSSR count). The summed E-state index contributed by atoms with van der Waals surface area (Å²) in [5.74, 6) is 0.267. The molecule has 0 atom stereocenters. The molecule has 1 aromatic carbocycles. The van der Waals surface area contributed by atoms with E-state index in [1.165, 1.54) is 6.07 Å². The van der Waals surface area contributed by atoms with Crippen molar-refractivity contribution in [1.29, 1.82) is 0 Å². The molecule has 0 fully saturated rings. The van der Waals surface area contributed by atoms with Gasteiger partial charge in [0.15, 0.2) is 5.82 Å². The average molecular weight is 232 g/mol. The number of hydrogen-bond acceptors (Lipinski definition) is 4. The second-order valence-electron chi connectivity index (χ2n) is 3.54. The molecule has 2 aromatic rings. The summed E-state index contributed by atoms with van der Waals surface area (Å²) in [7, 11) is 1.74. The van der Waals surface area contributed by atoms with Crippen LogP contribution in [0.2, 0.25) is 0 Å². The van der Waals surface area contributed by atoms with E-state index < -0.39 is 0 Å². The maximum atomic E-state index is 13.6. The van der Waals surface area contributed by atoms with E-state index >= 15 is 0 Å². The van der Waals surface area contributed by atoms with Gasteiger partial charge in [0.1, 0.15) is 5.82 Å². The summed E-state index contributed by atoms with van der Waals surface area (Å²) in [4.78, 5) is 9.95. The van der Waals surface area contributed by atoms with Crippen molar-refractivity contribution in [2.24, 2.45) is 5.73 Å². The third kappa shape index (κ3) is 2.24. The average Bonchev–Trinajstić information content (AvgIpc) is 2.38. The van der Waals surface area contributed by atoms with Gasteiger partial charge in [-0.3, -0.25) is 4.98 Å². The van der Waals surface area contributed by atoms with Gasteiger partial charge < -0.3 is 10.6 Å². The highest BCUT2D eigenvalue weighted by molar-refractivity contribution is 5.61. The summed E-state index contributed by atoms with van der Waals surface area (Å²) in [6.07, 6.45) is 3.13. The summed E-state index contributed by atoms with van der Waals surface area (Å²) in [5, 5.41) is 0. The molecule has 0 aliphatic carbocycles. The van der Waals surface area contributed by atoms with E-state index in [9.17, 15) is 4.39 Å². The lowest BCUT2D eigenvalue weighted by atomic mass is 10.2. The minimum absolute atomic E-state index is 0.266. The Kier molecular flexibility index (Phi) is 3.30. The van der Waals surface area contributed by atoms with E-state index in [-0.39, 0.29) is 12.4 Å². The molecular weight excluding hydrogens is 219 g/mol. The van der Waals surface area contributed by atoms with Crippen molar-refractivity contribution in [3.63, 3.8) is 0 Å². The Labute approximate surface area is 98.9 Å². The van der Waals surface area contributed by atoms with Crippen LogP contribution in [-0.4, -0.2) is 17.0 Å². The zero-order valence-corrected chi connectivity index (χ0v) is 9.47. The highest BCUT2D eigenvalue weighted by atomic mass is 19.1. The molecule has 0 saturated carbocycles. The summed E-state index contributed by atoms with van der Waals surface area (Å²) < 4.78 is 13.6. The Hall–Kier alpha value is -2.01. The van der Waals surface area contributed by atoms with Crippen LogP contribution in [-0.2, 0) is 6.54 Å². The van der Waals surface area contributed by atoms with Crippen LogP contribution in [0.4, 0.5) is 15.9 Å². The molecule has 5 heteroatoms. The summed E-state index contributed by atoms with van der Waals surface area (Å²) in [6.45, 7) is 0.266. The number of nitrogens with two attached hydrogens (primary N) is 1. The fraction of sp³-hybridized carbons (Fsp3) is 0.167. The zero-order chi connectivity index (χ0) is 12.3. The fourth-order valence-corrected chi connectivity index (χ4v) is 1.62. The highest BCUT2D eigenvalue weighted by Crippen LogP contribution is 2.25. The molecule has 17 heavy (non-hydrogen) atoms. The van der Waals surface area contributed by atoms with Crippen LogP contribution in [0.1, 0.15) is 5.69 Å². The van der Waals surface area contributed by atoms with Gasteiger partial charge in [0.05, 0.1) is 11.4 Å². The van der Waals surface area contributed by atoms with Crippen molar-refractivity contribution in [3.8, 4) is 0 Å².